The summed E-state index contributed by atoms with van der Waals surface area (Å²) in [5.41, 5.74) is 0. The molecule has 0 fully saturated rings. The van der Waals surface area contributed by atoms with Crippen LogP contribution in [-0.4, -0.2) is 19.0 Å². The van der Waals surface area contributed by atoms with Crippen molar-refractivity contribution < 1.29 is 9.47 Å². The van der Waals surface area contributed by atoms with Gasteiger partial charge in [0, 0.05) is 0 Å². The van der Waals surface area contributed by atoms with Gasteiger partial charge >= 0.3 is 0 Å². The summed E-state index contributed by atoms with van der Waals surface area (Å²) in [7, 11) is 0. The van der Waals surface area contributed by atoms with Gasteiger partial charge in [-0.25, -0.2) is 0 Å². The van der Waals surface area contributed by atoms with Crippen LogP contribution < -0.4 is 9.47 Å². The number of benzene rings is 1. The molecule has 1 rings (SSSR count). The normalized spacial score (nSPS) is 12.2. The quantitative estimate of drug-likeness (QED) is 0.677. The van der Waals surface area contributed by atoms with E-state index in [1.165, 1.54) is 0 Å². The van der Waals surface area contributed by atoms with Gasteiger partial charge in [0.1, 0.15) is 0 Å². The van der Waals surface area contributed by atoms with Gasteiger partial charge < -0.3 is 9.47 Å². The molecule has 1 atom stereocenters. The molecule has 0 heterocycles. The lowest BCUT2D eigenvalue weighted by atomic mass is 10.1. The molecule has 0 aromatic heterocycles. The van der Waals surface area contributed by atoms with Crippen molar-refractivity contribution in [2.75, 3.05) is 19.0 Å². The summed E-state index contributed by atoms with van der Waals surface area (Å²) in [4.78, 5) is 0. The van der Waals surface area contributed by atoms with E-state index in [0.717, 1.165) is 49.7 Å². The second-order valence-electron chi connectivity index (χ2n) is 4.55. The molecule has 0 aliphatic rings. The lowest BCUT2D eigenvalue weighted by molar-refractivity contribution is 0.252. The minimum Gasteiger partial charge on any atom is -0.490 e. The molecule has 0 saturated heterocycles. The molecule has 0 amide bonds. The van der Waals surface area contributed by atoms with E-state index in [-0.39, 0.29) is 0 Å². The Morgan fingerprint density at radius 2 is 1.67 bits per heavy atom. The van der Waals surface area contributed by atoms with E-state index in [9.17, 15) is 0 Å². The van der Waals surface area contributed by atoms with Crippen LogP contribution in [0, 0.1) is 5.92 Å². The number of para-hydroxylation sites is 2. The van der Waals surface area contributed by atoms with E-state index in [2.05, 4.69) is 26.5 Å². The standard InChI is InChI=1S/C15H24O2S/c1-3-10-16-14-6-4-5-7-15(14)17-11-8-13(2)9-12-18/h4-7,13,18H,3,8-12H2,1-2H3. The molecule has 1 aromatic carbocycles. The third-order valence-corrected chi connectivity index (χ3v) is 3.06. The van der Waals surface area contributed by atoms with Crippen LogP contribution in [0.3, 0.4) is 0 Å². The van der Waals surface area contributed by atoms with Crippen molar-refractivity contribution in [2.24, 2.45) is 5.92 Å². The van der Waals surface area contributed by atoms with E-state index >= 15 is 0 Å². The topological polar surface area (TPSA) is 18.5 Å². The van der Waals surface area contributed by atoms with Crippen LogP contribution in [0.15, 0.2) is 24.3 Å². The van der Waals surface area contributed by atoms with Gasteiger partial charge in [0.25, 0.3) is 0 Å². The monoisotopic (exact) mass is 268 g/mol. The second kappa shape index (κ2) is 9.15. The Morgan fingerprint density at radius 3 is 2.22 bits per heavy atom. The molecule has 0 radical (unpaired) electrons. The highest BCUT2D eigenvalue weighted by atomic mass is 32.1. The first-order valence-electron chi connectivity index (χ1n) is 6.73. The largest absolute Gasteiger partial charge is 0.490 e. The maximum atomic E-state index is 5.80. The van der Waals surface area contributed by atoms with E-state index in [1.807, 2.05) is 24.3 Å². The predicted octanol–water partition coefficient (Wildman–Crippen LogP) is 4.20. The van der Waals surface area contributed by atoms with Gasteiger partial charge in [-0.1, -0.05) is 26.0 Å². The molecule has 0 N–H and O–H groups in total. The lowest BCUT2D eigenvalue weighted by Crippen LogP contribution is -2.06. The van der Waals surface area contributed by atoms with Gasteiger partial charge in [-0.15, -0.1) is 0 Å². The molecule has 1 unspecified atom stereocenters. The molecule has 0 aliphatic heterocycles. The number of ether oxygens (including phenoxy) is 2. The number of hydrogen-bond acceptors (Lipinski definition) is 3. The summed E-state index contributed by atoms with van der Waals surface area (Å²) in [5, 5.41) is 0. The number of rotatable bonds is 9. The smallest absolute Gasteiger partial charge is 0.161 e. The summed E-state index contributed by atoms with van der Waals surface area (Å²) in [6, 6.07) is 7.88. The third-order valence-electron chi connectivity index (χ3n) is 2.80. The molecule has 0 bridgehead atoms. The Bertz CT molecular complexity index is 328. The molecule has 3 heteroatoms. The zero-order valence-electron chi connectivity index (χ0n) is 11.4. The third kappa shape index (κ3) is 5.67. The Labute approximate surface area is 116 Å². The van der Waals surface area contributed by atoms with Crippen LogP contribution in [0.4, 0.5) is 0 Å². The molecule has 102 valence electrons. The van der Waals surface area contributed by atoms with Crippen molar-refractivity contribution in [3.63, 3.8) is 0 Å². The summed E-state index contributed by atoms with van der Waals surface area (Å²) >= 11 is 4.25. The van der Waals surface area contributed by atoms with Gasteiger partial charge in [0.05, 0.1) is 13.2 Å². The van der Waals surface area contributed by atoms with Gasteiger partial charge in [-0.3, -0.25) is 0 Å². The van der Waals surface area contributed by atoms with Crippen molar-refractivity contribution in [3.05, 3.63) is 24.3 Å². The maximum Gasteiger partial charge on any atom is 0.161 e. The zero-order valence-corrected chi connectivity index (χ0v) is 12.3. The summed E-state index contributed by atoms with van der Waals surface area (Å²) in [6.07, 6.45) is 3.20. The summed E-state index contributed by atoms with van der Waals surface area (Å²) < 4.78 is 11.5. The van der Waals surface area contributed by atoms with Crippen LogP contribution in [-0.2, 0) is 0 Å². The lowest BCUT2D eigenvalue weighted by Gasteiger charge is -2.14. The van der Waals surface area contributed by atoms with Crippen LogP contribution >= 0.6 is 12.6 Å². The van der Waals surface area contributed by atoms with Crippen molar-refractivity contribution >= 4 is 12.6 Å². The molecular formula is C15H24O2S. The van der Waals surface area contributed by atoms with Gasteiger partial charge in [0.2, 0.25) is 0 Å². The molecule has 1 aromatic rings. The Morgan fingerprint density at radius 1 is 1.06 bits per heavy atom. The van der Waals surface area contributed by atoms with E-state index < -0.39 is 0 Å². The van der Waals surface area contributed by atoms with E-state index in [4.69, 9.17) is 9.47 Å². The highest BCUT2D eigenvalue weighted by Crippen LogP contribution is 2.27. The highest BCUT2D eigenvalue weighted by Gasteiger charge is 2.05. The summed E-state index contributed by atoms with van der Waals surface area (Å²) in [6.45, 7) is 5.81. The van der Waals surface area contributed by atoms with Crippen LogP contribution in [0.2, 0.25) is 0 Å². The fraction of sp³-hybridized carbons (Fsp3) is 0.600. The maximum absolute atomic E-state index is 5.80. The number of hydrogen-bond donors (Lipinski definition) is 1. The predicted molar refractivity (Wildman–Crippen MR) is 80.0 cm³/mol. The van der Waals surface area contributed by atoms with Crippen molar-refractivity contribution in [1.82, 2.24) is 0 Å². The molecule has 0 aliphatic carbocycles. The molecular weight excluding hydrogens is 244 g/mol. The minimum absolute atomic E-state index is 0.659. The van der Waals surface area contributed by atoms with Crippen LogP contribution in [0.1, 0.15) is 33.1 Å². The zero-order chi connectivity index (χ0) is 13.2. The van der Waals surface area contributed by atoms with Gasteiger partial charge in [-0.2, -0.15) is 12.6 Å². The molecule has 18 heavy (non-hydrogen) atoms. The Balaban J connectivity index is 2.40. The Kier molecular flexibility index (Phi) is 7.74. The van der Waals surface area contributed by atoms with Crippen molar-refractivity contribution in [2.45, 2.75) is 33.1 Å². The van der Waals surface area contributed by atoms with Crippen molar-refractivity contribution in [3.8, 4) is 11.5 Å². The second-order valence-corrected chi connectivity index (χ2v) is 5.00. The van der Waals surface area contributed by atoms with Gasteiger partial charge in [-0.05, 0) is 43.1 Å². The first-order valence-corrected chi connectivity index (χ1v) is 7.36. The fourth-order valence-electron chi connectivity index (χ4n) is 1.64. The highest BCUT2D eigenvalue weighted by molar-refractivity contribution is 7.80. The SMILES string of the molecule is CCCOc1ccccc1OCCC(C)CCS. The molecule has 2 nitrogen and oxygen atoms in total. The van der Waals surface area contributed by atoms with Crippen LogP contribution in [0.5, 0.6) is 11.5 Å². The average molecular weight is 268 g/mol. The fourth-order valence-corrected chi connectivity index (χ4v) is 2.08. The van der Waals surface area contributed by atoms with Crippen molar-refractivity contribution in [1.29, 1.82) is 0 Å². The first-order chi connectivity index (χ1) is 8.77. The number of thiol groups is 1. The molecule has 0 saturated carbocycles. The Hall–Kier alpha value is -0.830. The molecule has 0 spiro atoms. The minimum atomic E-state index is 0.659. The van der Waals surface area contributed by atoms with Crippen LogP contribution in [0.25, 0.3) is 0 Å². The first kappa shape index (κ1) is 15.2. The summed E-state index contributed by atoms with van der Waals surface area (Å²) in [5.74, 6) is 3.30. The van der Waals surface area contributed by atoms with E-state index in [1.54, 1.807) is 0 Å². The van der Waals surface area contributed by atoms with E-state index in [0.29, 0.717) is 5.92 Å². The average Bonchev–Trinajstić information content (AvgIpc) is 2.38. The van der Waals surface area contributed by atoms with Gasteiger partial charge in [0.15, 0.2) is 11.5 Å².